The van der Waals surface area contributed by atoms with Crippen LogP contribution in [0.2, 0.25) is 10.0 Å². The molecule has 0 unspecified atom stereocenters. The Hall–Kier alpha value is -1.71. The van der Waals surface area contributed by atoms with Crippen LogP contribution in [-0.2, 0) is 0 Å². The summed E-state index contributed by atoms with van der Waals surface area (Å²) in [6.07, 6.45) is 0. The fraction of sp³-hybridized carbons (Fsp3) is 0.0714. The van der Waals surface area contributed by atoms with Crippen molar-refractivity contribution in [2.24, 2.45) is 0 Å². The maximum atomic E-state index is 12.1. The van der Waals surface area contributed by atoms with Crippen molar-refractivity contribution >= 4 is 34.8 Å². The minimum absolute atomic E-state index is 0.320. The maximum absolute atomic E-state index is 12.1. The highest BCUT2D eigenvalue weighted by Crippen LogP contribution is 2.26. The lowest BCUT2D eigenvalue weighted by Crippen LogP contribution is -2.13. The first-order chi connectivity index (χ1) is 9.11. The SMILES string of the molecule is COc1ccccc1NC(=O)c1cc(Cl)ccc1Cl. The molecule has 0 fully saturated rings. The van der Waals surface area contributed by atoms with Crippen molar-refractivity contribution in [2.75, 3.05) is 12.4 Å². The van der Waals surface area contributed by atoms with Crippen molar-refractivity contribution in [3.8, 4) is 5.75 Å². The molecule has 0 bridgehead atoms. The zero-order valence-corrected chi connectivity index (χ0v) is 11.6. The largest absolute Gasteiger partial charge is 0.495 e. The van der Waals surface area contributed by atoms with Crippen LogP contribution in [-0.4, -0.2) is 13.0 Å². The number of hydrogen-bond acceptors (Lipinski definition) is 2. The minimum Gasteiger partial charge on any atom is -0.495 e. The molecular formula is C14H11Cl2NO2. The van der Waals surface area contributed by atoms with Gasteiger partial charge in [0.25, 0.3) is 5.91 Å². The third kappa shape index (κ3) is 3.19. The molecule has 0 aliphatic rings. The zero-order chi connectivity index (χ0) is 13.8. The van der Waals surface area contributed by atoms with E-state index in [9.17, 15) is 4.79 Å². The molecule has 5 heteroatoms. The third-order valence-electron chi connectivity index (χ3n) is 2.53. The van der Waals surface area contributed by atoms with Crippen LogP contribution in [0.15, 0.2) is 42.5 Å². The summed E-state index contributed by atoms with van der Waals surface area (Å²) in [6.45, 7) is 0. The Balaban J connectivity index is 2.28. The van der Waals surface area contributed by atoms with Crippen molar-refractivity contribution in [3.63, 3.8) is 0 Å². The van der Waals surface area contributed by atoms with Crippen molar-refractivity contribution in [3.05, 3.63) is 58.1 Å². The van der Waals surface area contributed by atoms with Gasteiger partial charge in [0.05, 0.1) is 23.4 Å². The van der Waals surface area contributed by atoms with Gasteiger partial charge in [-0.1, -0.05) is 35.3 Å². The molecular weight excluding hydrogens is 285 g/mol. The summed E-state index contributed by atoms with van der Waals surface area (Å²) < 4.78 is 5.16. The van der Waals surface area contributed by atoms with E-state index in [1.807, 2.05) is 6.07 Å². The molecule has 0 aliphatic carbocycles. The molecule has 0 heterocycles. The van der Waals surface area contributed by atoms with Crippen LogP contribution in [0, 0.1) is 0 Å². The average Bonchev–Trinajstić information content (AvgIpc) is 2.42. The van der Waals surface area contributed by atoms with E-state index >= 15 is 0 Å². The van der Waals surface area contributed by atoms with E-state index in [0.717, 1.165) is 0 Å². The first kappa shape index (κ1) is 13.7. The lowest BCUT2D eigenvalue weighted by molar-refractivity contribution is 0.102. The highest BCUT2D eigenvalue weighted by molar-refractivity contribution is 6.36. The smallest absolute Gasteiger partial charge is 0.257 e. The molecule has 0 aliphatic heterocycles. The van der Waals surface area contributed by atoms with Crippen molar-refractivity contribution in [2.45, 2.75) is 0 Å². The summed E-state index contributed by atoms with van der Waals surface area (Å²) in [7, 11) is 1.54. The number of carbonyl (C=O) groups excluding carboxylic acids is 1. The molecule has 0 aromatic heterocycles. The second-order valence-electron chi connectivity index (χ2n) is 3.78. The number of ether oxygens (including phenoxy) is 1. The number of para-hydroxylation sites is 2. The molecule has 0 saturated carbocycles. The highest BCUT2D eigenvalue weighted by Gasteiger charge is 2.13. The number of hydrogen-bond donors (Lipinski definition) is 1. The topological polar surface area (TPSA) is 38.3 Å². The van der Waals surface area contributed by atoms with Gasteiger partial charge in [-0.2, -0.15) is 0 Å². The van der Waals surface area contributed by atoms with Crippen LogP contribution in [0.3, 0.4) is 0 Å². The molecule has 0 radical (unpaired) electrons. The summed E-state index contributed by atoms with van der Waals surface area (Å²) in [4.78, 5) is 12.1. The van der Waals surface area contributed by atoms with E-state index in [1.165, 1.54) is 13.2 Å². The van der Waals surface area contributed by atoms with Crippen molar-refractivity contribution < 1.29 is 9.53 Å². The molecule has 3 nitrogen and oxygen atoms in total. The Kier molecular flexibility index (Phi) is 4.30. The van der Waals surface area contributed by atoms with Gasteiger partial charge in [-0.05, 0) is 30.3 Å². The van der Waals surface area contributed by atoms with Crippen molar-refractivity contribution in [1.82, 2.24) is 0 Å². The number of methoxy groups -OCH3 is 1. The summed E-state index contributed by atoms with van der Waals surface area (Å²) >= 11 is 11.8. The van der Waals surface area contributed by atoms with Gasteiger partial charge in [0.15, 0.2) is 0 Å². The van der Waals surface area contributed by atoms with Crippen LogP contribution in [0.25, 0.3) is 0 Å². The number of halogens is 2. The molecule has 2 rings (SSSR count). The third-order valence-corrected chi connectivity index (χ3v) is 3.09. The van der Waals surface area contributed by atoms with Gasteiger partial charge in [0.1, 0.15) is 5.75 Å². The van der Waals surface area contributed by atoms with Crippen LogP contribution >= 0.6 is 23.2 Å². The Morgan fingerprint density at radius 3 is 2.63 bits per heavy atom. The monoisotopic (exact) mass is 295 g/mol. The second-order valence-corrected chi connectivity index (χ2v) is 4.62. The molecule has 1 amide bonds. The van der Waals surface area contributed by atoms with Crippen LogP contribution in [0.4, 0.5) is 5.69 Å². The summed E-state index contributed by atoms with van der Waals surface area (Å²) in [5.41, 5.74) is 0.895. The standard InChI is InChI=1S/C14H11Cl2NO2/c1-19-13-5-3-2-4-12(13)17-14(18)10-8-9(15)6-7-11(10)16/h2-8H,1H3,(H,17,18). The molecule has 19 heavy (non-hydrogen) atoms. The van der Waals surface area contributed by atoms with Gasteiger partial charge >= 0.3 is 0 Å². The quantitative estimate of drug-likeness (QED) is 0.919. The van der Waals surface area contributed by atoms with Gasteiger partial charge in [-0.15, -0.1) is 0 Å². The van der Waals surface area contributed by atoms with Gasteiger partial charge < -0.3 is 10.1 Å². The Bertz CT molecular complexity index is 614. The van der Waals surface area contributed by atoms with Crippen LogP contribution < -0.4 is 10.1 Å². The predicted octanol–water partition coefficient (Wildman–Crippen LogP) is 4.25. The lowest BCUT2D eigenvalue weighted by atomic mass is 10.2. The van der Waals surface area contributed by atoms with Crippen molar-refractivity contribution in [1.29, 1.82) is 0 Å². The van der Waals surface area contributed by atoms with Crippen LogP contribution in [0.1, 0.15) is 10.4 Å². The highest BCUT2D eigenvalue weighted by atomic mass is 35.5. The van der Waals surface area contributed by atoms with Crippen LogP contribution in [0.5, 0.6) is 5.75 Å². The summed E-state index contributed by atoms with van der Waals surface area (Å²) in [5.74, 6) is 0.242. The fourth-order valence-corrected chi connectivity index (χ4v) is 1.98. The van der Waals surface area contributed by atoms with Gasteiger partial charge in [-0.3, -0.25) is 4.79 Å². The molecule has 98 valence electrons. The van der Waals surface area contributed by atoms with E-state index in [0.29, 0.717) is 27.0 Å². The van der Waals surface area contributed by atoms with E-state index < -0.39 is 0 Å². The predicted molar refractivity (Wildman–Crippen MR) is 77.4 cm³/mol. The zero-order valence-electron chi connectivity index (χ0n) is 10.1. The maximum Gasteiger partial charge on any atom is 0.257 e. The first-order valence-electron chi connectivity index (χ1n) is 5.51. The lowest BCUT2D eigenvalue weighted by Gasteiger charge is -2.10. The Morgan fingerprint density at radius 1 is 1.16 bits per heavy atom. The number of rotatable bonds is 3. The molecule has 0 spiro atoms. The Morgan fingerprint density at radius 2 is 1.89 bits per heavy atom. The number of amides is 1. The molecule has 2 aromatic carbocycles. The van der Waals surface area contributed by atoms with E-state index in [2.05, 4.69) is 5.32 Å². The fourth-order valence-electron chi connectivity index (χ4n) is 1.61. The van der Waals surface area contributed by atoms with E-state index in [1.54, 1.807) is 30.3 Å². The second kappa shape index (κ2) is 5.95. The average molecular weight is 296 g/mol. The molecule has 0 saturated heterocycles. The number of nitrogens with one attached hydrogen (secondary N) is 1. The van der Waals surface area contributed by atoms with E-state index in [4.69, 9.17) is 27.9 Å². The number of anilines is 1. The number of carbonyl (C=O) groups is 1. The normalized spacial score (nSPS) is 10.1. The summed E-state index contributed by atoms with van der Waals surface area (Å²) in [6, 6.07) is 11.9. The van der Waals surface area contributed by atoms with Gasteiger partial charge in [-0.25, -0.2) is 0 Å². The first-order valence-corrected chi connectivity index (χ1v) is 6.27. The van der Waals surface area contributed by atoms with Gasteiger partial charge in [0.2, 0.25) is 0 Å². The summed E-state index contributed by atoms with van der Waals surface area (Å²) in [5, 5.41) is 3.54. The minimum atomic E-state index is -0.336. The van der Waals surface area contributed by atoms with Gasteiger partial charge in [0, 0.05) is 5.02 Å². The number of benzene rings is 2. The molecule has 0 atom stereocenters. The van der Waals surface area contributed by atoms with E-state index in [-0.39, 0.29) is 5.91 Å². The molecule has 1 N–H and O–H groups in total. The molecule has 2 aromatic rings. The Labute approximate surface area is 121 Å².